The lowest BCUT2D eigenvalue weighted by molar-refractivity contribution is -0.146. The Kier molecular flexibility index (Phi) is 7.58. The van der Waals surface area contributed by atoms with Crippen LogP contribution in [0.3, 0.4) is 0 Å². The zero-order chi connectivity index (χ0) is 27.2. The predicted octanol–water partition coefficient (Wildman–Crippen LogP) is 3.87. The molecule has 3 aliphatic rings. The third kappa shape index (κ3) is 4.75. The third-order valence-electron chi connectivity index (χ3n) is 8.30. The summed E-state index contributed by atoms with van der Waals surface area (Å²) in [5.74, 6) is -0.439. The minimum absolute atomic E-state index is 0.0267. The van der Waals surface area contributed by atoms with Gasteiger partial charge in [-0.15, -0.1) is 0 Å². The fraction of sp³-hybridized carbons (Fsp3) is 0.500. The Balaban J connectivity index is 1.43. The molecule has 8 nitrogen and oxygen atoms in total. The highest BCUT2D eigenvalue weighted by Crippen LogP contribution is 2.60. The molecular formula is C28H36BrN3O5Si. The van der Waals surface area contributed by atoms with E-state index in [0.29, 0.717) is 13.0 Å². The van der Waals surface area contributed by atoms with Crippen LogP contribution in [0.5, 0.6) is 0 Å². The molecule has 38 heavy (non-hydrogen) atoms. The van der Waals surface area contributed by atoms with E-state index in [1.54, 1.807) is 4.90 Å². The molecule has 0 radical (unpaired) electrons. The average Bonchev–Trinajstić information content (AvgIpc) is 3.55. The summed E-state index contributed by atoms with van der Waals surface area (Å²) in [7, 11) is -2.73. The molecule has 204 valence electrons. The number of aliphatic hydroxyl groups is 1. The van der Waals surface area contributed by atoms with Gasteiger partial charge in [0.2, 0.25) is 5.91 Å². The summed E-state index contributed by atoms with van der Waals surface area (Å²) in [6, 6.07) is 13.2. The maximum atomic E-state index is 14.3. The van der Waals surface area contributed by atoms with Crippen molar-refractivity contribution in [1.82, 2.24) is 5.32 Å². The van der Waals surface area contributed by atoms with Crippen molar-refractivity contribution in [3.8, 4) is 0 Å². The molecule has 1 spiro atoms. The van der Waals surface area contributed by atoms with Gasteiger partial charge in [0.05, 0.1) is 24.4 Å². The molecule has 0 saturated carbocycles. The molecule has 10 heteroatoms. The third-order valence-corrected chi connectivity index (χ3v) is 11.3. The second-order valence-corrected chi connectivity index (χ2v) is 16.1. The van der Waals surface area contributed by atoms with Crippen LogP contribution in [0, 0.1) is 5.92 Å². The summed E-state index contributed by atoms with van der Waals surface area (Å²) in [5.41, 5.74) is 1.80. The fourth-order valence-electron chi connectivity index (χ4n) is 6.62. The number of nitrogens with one attached hydrogen (secondary N) is 2. The number of nitrogens with zero attached hydrogens (tertiary/aromatic N) is 1. The Morgan fingerprint density at radius 2 is 2.00 bits per heavy atom. The lowest BCUT2D eigenvalue weighted by atomic mass is 9.82. The van der Waals surface area contributed by atoms with E-state index in [9.17, 15) is 19.5 Å². The summed E-state index contributed by atoms with van der Waals surface area (Å²) in [6.07, 6.45) is 1.81. The minimum Gasteiger partial charge on any atom is -0.432 e. The van der Waals surface area contributed by atoms with Gasteiger partial charge in [0.15, 0.2) is 13.9 Å². The number of halogens is 1. The minimum atomic E-state index is -2.73. The second-order valence-electron chi connectivity index (χ2n) is 11.3. The fourth-order valence-corrected chi connectivity index (χ4v) is 9.58. The maximum Gasteiger partial charge on any atom is 0.264 e. The van der Waals surface area contributed by atoms with Gasteiger partial charge in [0.25, 0.3) is 5.91 Å². The van der Waals surface area contributed by atoms with E-state index in [2.05, 4.69) is 26.6 Å². The molecule has 0 aromatic heterocycles. The molecule has 4 N–H and O–H groups in total. The number of rotatable bonds is 7. The number of hydrogen-bond donors (Lipinski definition) is 4. The van der Waals surface area contributed by atoms with Gasteiger partial charge in [0.1, 0.15) is 0 Å². The molecule has 3 heterocycles. The topological polar surface area (TPSA) is 111 Å². The predicted molar refractivity (Wildman–Crippen MR) is 152 cm³/mol. The number of ether oxygens (including phenoxy) is 1. The van der Waals surface area contributed by atoms with Crippen LogP contribution >= 0.6 is 15.9 Å². The molecule has 0 aliphatic carbocycles. The van der Waals surface area contributed by atoms with Crippen molar-refractivity contribution in [2.75, 3.05) is 23.4 Å². The lowest BCUT2D eigenvalue weighted by Gasteiger charge is -2.32. The Bertz CT molecular complexity index is 1210. The van der Waals surface area contributed by atoms with Gasteiger partial charge in [-0.2, -0.15) is 0 Å². The molecule has 2 fully saturated rings. The van der Waals surface area contributed by atoms with E-state index < -0.39 is 20.0 Å². The first-order valence-corrected chi connectivity index (χ1v) is 17.1. The quantitative estimate of drug-likeness (QED) is 0.359. The second kappa shape index (κ2) is 10.5. The number of amides is 2. The number of fused-ring (bicyclic) bond motifs is 2. The van der Waals surface area contributed by atoms with Crippen LogP contribution in [0.25, 0.3) is 0 Å². The van der Waals surface area contributed by atoms with E-state index in [0.717, 1.165) is 46.4 Å². The molecule has 5 atom stereocenters. The van der Waals surface area contributed by atoms with Gasteiger partial charge < -0.3 is 30.2 Å². The number of carbonyl (C=O) groups excluding carboxylic acids is 2. The summed E-state index contributed by atoms with van der Waals surface area (Å²) in [4.78, 5) is 39.7. The van der Waals surface area contributed by atoms with Gasteiger partial charge in [0, 0.05) is 33.8 Å². The number of hydrogen-bond acceptors (Lipinski definition) is 6. The van der Waals surface area contributed by atoms with Crippen LogP contribution in [0.2, 0.25) is 18.6 Å². The van der Waals surface area contributed by atoms with Gasteiger partial charge in [-0.1, -0.05) is 35.0 Å². The monoisotopic (exact) mass is 601 g/mol. The summed E-state index contributed by atoms with van der Waals surface area (Å²) in [5, 5.41) is 15.9. The normalized spacial score (nSPS) is 28.8. The molecule has 0 unspecified atom stereocenters. The van der Waals surface area contributed by atoms with Crippen LogP contribution in [-0.2, 0) is 26.5 Å². The largest absolute Gasteiger partial charge is 0.432 e. The zero-order valence-corrected chi connectivity index (χ0v) is 24.6. The van der Waals surface area contributed by atoms with Gasteiger partial charge in [-0.05, 0) is 74.8 Å². The van der Waals surface area contributed by atoms with Gasteiger partial charge in [-0.3, -0.25) is 9.59 Å². The summed E-state index contributed by atoms with van der Waals surface area (Å²) >= 11 is 3.57. The average molecular weight is 603 g/mol. The lowest BCUT2D eigenvalue weighted by Crippen LogP contribution is -2.46. The Labute approximate surface area is 233 Å². The van der Waals surface area contributed by atoms with E-state index in [1.807, 2.05) is 62.5 Å². The number of carbonyl (C=O) groups is 2. The molecule has 0 bridgehead atoms. The Morgan fingerprint density at radius 1 is 1.26 bits per heavy atom. The van der Waals surface area contributed by atoms with E-state index in [4.69, 9.17) is 4.74 Å². The number of anilines is 2. The van der Waals surface area contributed by atoms with E-state index in [1.165, 1.54) is 0 Å². The van der Waals surface area contributed by atoms with Crippen LogP contribution in [0.1, 0.15) is 37.3 Å². The van der Waals surface area contributed by atoms with Crippen LogP contribution in [-0.4, -0.2) is 55.3 Å². The van der Waals surface area contributed by atoms with Crippen molar-refractivity contribution >= 4 is 47.4 Å². The van der Waals surface area contributed by atoms with Crippen molar-refractivity contribution in [1.29, 1.82) is 0 Å². The van der Waals surface area contributed by atoms with E-state index in [-0.39, 0.29) is 35.9 Å². The molecule has 3 aliphatic heterocycles. The molecule has 5 rings (SSSR count). The number of benzene rings is 2. The first-order valence-electron chi connectivity index (χ1n) is 13.3. The van der Waals surface area contributed by atoms with Crippen molar-refractivity contribution in [2.45, 2.75) is 69.1 Å². The molecule has 2 aromatic rings. The summed E-state index contributed by atoms with van der Waals surface area (Å²) in [6.45, 7) is 6.89. The molecular weight excluding hydrogens is 566 g/mol. The van der Waals surface area contributed by atoms with Crippen molar-refractivity contribution in [3.05, 3.63) is 58.1 Å². The highest BCUT2D eigenvalue weighted by molar-refractivity contribution is 9.10. The SMILES string of the molecule is C[C@@H]1[C@@H]([Si](C)(C)O)[C@H](CCO)O[C@@]12C(=O)N(Cc1ccc(NC(=O)[C@H]3CCCN3)cc1)c1ccc(Br)cc12. The van der Waals surface area contributed by atoms with Gasteiger partial charge >= 0.3 is 0 Å². The standard InChI is InChI=1S/C28H36BrN3O5Si/c1-17-25(38(2,3)36)24(12-14-33)37-28(17)21-15-19(29)8-11-23(21)32(27(28)35)16-18-6-9-20(10-7-18)31-26(34)22-5-4-13-30-22/h6-11,15,17,22,24-25,30,33,36H,4-5,12-14,16H2,1-3H3,(H,31,34)/t17-,22-,24+,25-,28+/m1/s1. The maximum absolute atomic E-state index is 14.3. The highest BCUT2D eigenvalue weighted by Gasteiger charge is 2.66. The van der Waals surface area contributed by atoms with Crippen molar-refractivity contribution < 1.29 is 24.2 Å². The van der Waals surface area contributed by atoms with Crippen molar-refractivity contribution in [3.63, 3.8) is 0 Å². The van der Waals surface area contributed by atoms with Crippen LogP contribution in [0.4, 0.5) is 11.4 Å². The van der Waals surface area contributed by atoms with Crippen LogP contribution < -0.4 is 15.5 Å². The first-order chi connectivity index (χ1) is 18.1. The molecule has 2 aromatic carbocycles. The zero-order valence-electron chi connectivity index (χ0n) is 22.0. The Hall–Kier alpha value is -2.08. The van der Waals surface area contributed by atoms with Crippen LogP contribution in [0.15, 0.2) is 46.9 Å². The molecule has 2 amide bonds. The number of aliphatic hydroxyl groups excluding tert-OH is 1. The van der Waals surface area contributed by atoms with Gasteiger partial charge in [-0.25, -0.2) is 0 Å². The first kappa shape index (κ1) is 27.5. The highest BCUT2D eigenvalue weighted by atomic mass is 79.9. The van der Waals surface area contributed by atoms with E-state index >= 15 is 0 Å². The van der Waals surface area contributed by atoms with Crippen molar-refractivity contribution in [2.24, 2.45) is 5.92 Å². The Morgan fingerprint density at radius 3 is 2.63 bits per heavy atom. The smallest absolute Gasteiger partial charge is 0.264 e. The summed E-state index contributed by atoms with van der Waals surface area (Å²) < 4.78 is 7.47. The molecule has 2 saturated heterocycles.